The van der Waals surface area contributed by atoms with Gasteiger partial charge in [-0.05, 0) is 42.0 Å². The third kappa shape index (κ3) is 4.74. The van der Waals surface area contributed by atoms with Crippen LogP contribution in [0, 0.1) is 5.82 Å². The highest BCUT2D eigenvalue weighted by Crippen LogP contribution is 2.19. The summed E-state index contributed by atoms with van der Waals surface area (Å²) in [5.74, 6) is 0.204. The first-order valence-electron chi connectivity index (χ1n) is 7.38. The molecule has 0 saturated carbocycles. The molecule has 0 aliphatic rings. The number of ether oxygens (including phenoxy) is 1. The zero-order valence-electron chi connectivity index (χ0n) is 12.9. The van der Waals surface area contributed by atoms with Crippen LogP contribution >= 0.6 is 11.6 Å². The predicted molar refractivity (Wildman–Crippen MR) is 91.1 cm³/mol. The second-order valence-electron chi connectivity index (χ2n) is 5.10. The largest absolute Gasteiger partial charge is 0.439 e. The number of carbonyl (C=O) groups is 1. The quantitative estimate of drug-likeness (QED) is 0.749. The van der Waals surface area contributed by atoms with Crippen LogP contribution in [0.1, 0.15) is 16.1 Å². The third-order valence-electron chi connectivity index (χ3n) is 3.24. The molecular formula is C18H13ClFN3O2. The van der Waals surface area contributed by atoms with Crippen molar-refractivity contribution in [1.29, 1.82) is 0 Å². The molecule has 1 aromatic carbocycles. The van der Waals surface area contributed by atoms with Crippen molar-refractivity contribution in [2.45, 2.75) is 6.54 Å². The van der Waals surface area contributed by atoms with E-state index in [4.69, 9.17) is 16.3 Å². The van der Waals surface area contributed by atoms with Gasteiger partial charge in [-0.2, -0.15) is 0 Å². The molecule has 0 unspecified atom stereocenters. The van der Waals surface area contributed by atoms with Gasteiger partial charge < -0.3 is 10.1 Å². The molecule has 2 aromatic heterocycles. The van der Waals surface area contributed by atoms with Gasteiger partial charge in [0.15, 0.2) is 0 Å². The van der Waals surface area contributed by atoms with E-state index in [0.29, 0.717) is 16.7 Å². The van der Waals surface area contributed by atoms with Crippen molar-refractivity contribution in [3.63, 3.8) is 0 Å². The van der Waals surface area contributed by atoms with Crippen molar-refractivity contribution >= 4 is 17.5 Å². The molecule has 0 atom stereocenters. The Balaban J connectivity index is 1.57. The van der Waals surface area contributed by atoms with Crippen LogP contribution in [0.2, 0.25) is 5.02 Å². The molecule has 0 fully saturated rings. The second-order valence-corrected chi connectivity index (χ2v) is 5.54. The Morgan fingerprint density at radius 2 is 1.92 bits per heavy atom. The fourth-order valence-electron chi connectivity index (χ4n) is 2.00. The van der Waals surface area contributed by atoms with Crippen LogP contribution in [-0.2, 0) is 6.54 Å². The minimum absolute atomic E-state index is 0.247. The second kappa shape index (κ2) is 7.72. The molecule has 0 radical (unpaired) electrons. The molecule has 2 heterocycles. The Morgan fingerprint density at radius 1 is 1.12 bits per heavy atom. The average Bonchev–Trinajstić information content (AvgIpc) is 2.63. The first kappa shape index (κ1) is 16.9. The number of nitrogens with one attached hydrogen (secondary N) is 1. The molecule has 0 aliphatic heterocycles. The van der Waals surface area contributed by atoms with Crippen LogP contribution in [0.3, 0.4) is 0 Å². The van der Waals surface area contributed by atoms with Crippen LogP contribution in [0.5, 0.6) is 11.6 Å². The highest BCUT2D eigenvalue weighted by atomic mass is 35.5. The number of carbonyl (C=O) groups excluding carboxylic acids is 1. The van der Waals surface area contributed by atoms with Gasteiger partial charge in [0.05, 0.1) is 0 Å². The van der Waals surface area contributed by atoms with E-state index in [2.05, 4.69) is 15.3 Å². The van der Waals surface area contributed by atoms with E-state index in [1.54, 1.807) is 24.4 Å². The first-order valence-corrected chi connectivity index (χ1v) is 7.76. The van der Waals surface area contributed by atoms with Gasteiger partial charge in [-0.3, -0.25) is 9.78 Å². The first-order chi connectivity index (χ1) is 12.1. The molecule has 1 amide bonds. The molecule has 0 saturated heterocycles. The number of hydrogen-bond acceptors (Lipinski definition) is 4. The van der Waals surface area contributed by atoms with Gasteiger partial charge in [0.1, 0.15) is 17.3 Å². The van der Waals surface area contributed by atoms with Crippen LogP contribution in [0.4, 0.5) is 4.39 Å². The third-order valence-corrected chi connectivity index (χ3v) is 3.48. The Bertz CT molecular complexity index is 870. The molecule has 0 spiro atoms. The molecule has 0 aliphatic carbocycles. The lowest BCUT2D eigenvalue weighted by molar-refractivity contribution is 0.0946. The fourth-order valence-corrected chi connectivity index (χ4v) is 2.16. The summed E-state index contributed by atoms with van der Waals surface area (Å²) in [6.45, 7) is 0.289. The van der Waals surface area contributed by atoms with Gasteiger partial charge in [-0.15, -0.1) is 0 Å². The fraction of sp³-hybridized carbons (Fsp3) is 0.0556. The van der Waals surface area contributed by atoms with E-state index in [1.165, 1.54) is 36.5 Å². The van der Waals surface area contributed by atoms with Crippen molar-refractivity contribution in [3.05, 3.63) is 83.0 Å². The normalized spacial score (nSPS) is 10.3. The SMILES string of the molecule is O=C(NCc1ccc(Oc2ccc(F)cc2)nc1)c1cc(Cl)ccn1. The van der Waals surface area contributed by atoms with Crippen molar-refractivity contribution in [1.82, 2.24) is 15.3 Å². The van der Waals surface area contributed by atoms with Crippen LogP contribution < -0.4 is 10.1 Å². The van der Waals surface area contributed by atoms with E-state index >= 15 is 0 Å². The topological polar surface area (TPSA) is 64.1 Å². The lowest BCUT2D eigenvalue weighted by Crippen LogP contribution is -2.23. The highest BCUT2D eigenvalue weighted by Gasteiger charge is 2.07. The summed E-state index contributed by atoms with van der Waals surface area (Å²) < 4.78 is 18.4. The van der Waals surface area contributed by atoms with Crippen molar-refractivity contribution in [2.24, 2.45) is 0 Å². The zero-order valence-corrected chi connectivity index (χ0v) is 13.7. The minimum Gasteiger partial charge on any atom is -0.439 e. The Labute approximate surface area is 148 Å². The number of aromatic nitrogens is 2. The number of rotatable bonds is 5. The van der Waals surface area contributed by atoms with E-state index in [-0.39, 0.29) is 24.0 Å². The summed E-state index contributed by atoms with van der Waals surface area (Å²) in [5.41, 5.74) is 1.04. The van der Waals surface area contributed by atoms with Crippen molar-refractivity contribution in [3.8, 4) is 11.6 Å². The monoisotopic (exact) mass is 357 g/mol. The van der Waals surface area contributed by atoms with Gasteiger partial charge in [-0.25, -0.2) is 9.37 Å². The Morgan fingerprint density at radius 3 is 2.60 bits per heavy atom. The summed E-state index contributed by atoms with van der Waals surface area (Å²) in [7, 11) is 0. The summed E-state index contributed by atoms with van der Waals surface area (Å²) in [4.78, 5) is 20.1. The number of pyridine rings is 2. The van der Waals surface area contributed by atoms with E-state index in [9.17, 15) is 9.18 Å². The lowest BCUT2D eigenvalue weighted by atomic mass is 10.2. The summed E-state index contributed by atoms with van der Waals surface area (Å²) in [5, 5.41) is 3.18. The van der Waals surface area contributed by atoms with Gasteiger partial charge in [-0.1, -0.05) is 17.7 Å². The number of amides is 1. The molecule has 126 valence electrons. The molecule has 5 nitrogen and oxygen atoms in total. The molecule has 0 bridgehead atoms. The molecule has 3 rings (SSSR count). The zero-order chi connectivity index (χ0) is 17.6. The lowest BCUT2D eigenvalue weighted by Gasteiger charge is -2.07. The number of nitrogens with zero attached hydrogens (tertiary/aromatic N) is 2. The average molecular weight is 358 g/mol. The smallest absolute Gasteiger partial charge is 0.270 e. The Hall–Kier alpha value is -2.99. The number of halogens is 2. The maximum atomic E-state index is 12.9. The van der Waals surface area contributed by atoms with Gasteiger partial charge in [0.2, 0.25) is 5.88 Å². The van der Waals surface area contributed by atoms with E-state index < -0.39 is 0 Å². The van der Waals surface area contributed by atoms with Crippen LogP contribution in [-0.4, -0.2) is 15.9 Å². The molecule has 7 heteroatoms. The number of benzene rings is 1. The standard InChI is InChI=1S/C18H13ClFN3O2/c19-13-7-8-21-16(9-13)18(24)23-11-12-1-6-17(22-10-12)25-15-4-2-14(20)3-5-15/h1-10H,11H2,(H,23,24). The predicted octanol–water partition coefficient (Wildman–Crippen LogP) is 3.99. The molecular weight excluding hydrogens is 345 g/mol. The summed E-state index contributed by atoms with van der Waals surface area (Å²) in [6, 6.07) is 12.2. The van der Waals surface area contributed by atoms with E-state index in [0.717, 1.165) is 5.56 Å². The molecule has 1 N–H and O–H groups in total. The van der Waals surface area contributed by atoms with Crippen molar-refractivity contribution < 1.29 is 13.9 Å². The summed E-state index contributed by atoms with van der Waals surface area (Å²) in [6.07, 6.45) is 3.06. The maximum absolute atomic E-state index is 12.9. The number of hydrogen-bond donors (Lipinski definition) is 1. The summed E-state index contributed by atoms with van der Waals surface area (Å²) >= 11 is 5.83. The van der Waals surface area contributed by atoms with Gasteiger partial charge >= 0.3 is 0 Å². The van der Waals surface area contributed by atoms with Crippen LogP contribution in [0.15, 0.2) is 60.9 Å². The maximum Gasteiger partial charge on any atom is 0.270 e. The molecule has 25 heavy (non-hydrogen) atoms. The minimum atomic E-state index is -0.333. The highest BCUT2D eigenvalue weighted by molar-refractivity contribution is 6.30. The van der Waals surface area contributed by atoms with Gasteiger partial charge in [0.25, 0.3) is 5.91 Å². The van der Waals surface area contributed by atoms with Crippen molar-refractivity contribution in [2.75, 3.05) is 0 Å². The molecule has 3 aromatic rings. The van der Waals surface area contributed by atoms with Gasteiger partial charge in [0, 0.05) is 30.0 Å². The van der Waals surface area contributed by atoms with E-state index in [1.807, 2.05) is 0 Å². The van der Waals surface area contributed by atoms with Crippen LogP contribution in [0.25, 0.3) is 0 Å². The Kier molecular flexibility index (Phi) is 5.20.